The lowest BCUT2D eigenvalue weighted by atomic mass is 10.2. The smallest absolute Gasteiger partial charge is 0.337 e. The Labute approximate surface area is 140 Å². The number of anilines is 1. The highest BCUT2D eigenvalue weighted by molar-refractivity contribution is 5.92. The van der Waals surface area contributed by atoms with Gasteiger partial charge in [0.15, 0.2) is 6.61 Å². The number of hydrogen-bond acceptors (Lipinski definition) is 6. The zero-order chi connectivity index (χ0) is 17.8. The van der Waals surface area contributed by atoms with Crippen LogP contribution < -0.4 is 15.7 Å². The molecule has 0 spiro atoms. The highest BCUT2D eigenvalue weighted by Gasteiger charge is 2.08. The highest BCUT2D eigenvalue weighted by Crippen LogP contribution is 2.19. The Morgan fingerprint density at radius 3 is 2.68 bits per heavy atom. The van der Waals surface area contributed by atoms with Crippen molar-refractivity contribution in [2.24, 2.45) is 0 Å². The molecule has 8 heteroatoms. The molecule has 0 radical (unpaired) electrons. The number of amides is 1. The van der Waals surface area contributed by atoms with Crippen molar-refractivity contribution in [1.82, 2.24) is 4.98 Å². The Morgan fingerprint density at radius 2 is 1.96 bits per heavy atom. The SMILES string of the molecule is O=C(COc1ccc2ccc(=O)oc2c1)Nc1ccc(C(=O)O)cn1. The summed E-state index contributed by atoms with van der Waals surface area (Å²) >= 11 is 0. The number of fused-ring (bicyclic) bond motifs is 1. The minimum absolute atomic E-state index is 0.0203. The molecule has 0 fully saturated rings. The van der Waals surface area contributed by atoms with E-state index in [1.54, 1.807) is 18.2 Å². The number of ether oxygens (including phenoxy) is 1. The fraction of sp³-hybridized carbons (Fsp3) is 0.0588. The quantitative estimate of drug-likeness (QED) is 0.681. The molecule has 0 saturated heterocycles. The number of rotatable bonds is 5. The van der Waals surface area contributed by atoms with E-state index in [2.05, 4.69) is 10.3 Å². The van der Waals surface area contributed by atoms with Gasteiger partial charge in [-0.15, -0.1) is 0 Å². The van der Waals surface area contributed by atoms with Gasteiger partial charge in [-0.05, 0) is 30.3 Å². The van der Waals surface area contributed by atoms with E-state index in [9.17, 15) is 14.4 Å². The third-order valence-corrected chi connectivity index (χ3v) is 3.24. The molecule has 2 heterocycles. The number of carboxylic acids is 1. The van der Waals surface area contributed by atoms with Crippen molar-refractivity contribution in [2.75, 3.05) is 11.9 Å². The van der Waals surface area contributed by atoms with Crippen LogP contribution >= 0.6 is 0 Å². The fourth-order valence-corrected chi connectivity index (χ4v) is 2.05. The number of nitrogens with one attached hydrogen (secondary N) is 1. The van der Waals surface area contributed by atoms with Crippen molar-refractivity contribution in [3.63, 3.8) is 0 Å². The Hall–Kier alpha value is -3.68. The molecular weight excluding hydrogens is 328 g/mol. The number of hydrogen-bond donors (Lipinski definition) is 2. The largest absolute Gasteiger partial charge is 0.484 e. The molecule has 3 rings (SSSR count). The maximum Gasteiger partial charge on any atom is 0.337 e. The molecule has 3 aromatic rings. The summed E-state index contributed by atoms with van der Waals surface area (Å²) in [5.74, 6) is -0.990. The van der Waals surface area contributed by atoms with Crippen LogP contribution in [0.1, 0.15) is 10.4 Å². The molecule has 0 aliphatic carbocycles. The van der Waals surface area contributed by atoms with Crippen LogP contribution in [0.15, 0.2) is 57.9 Å². The van der Waals surface area contributed by atoms with Crippen LogP contribution in [-0.4, -0.2) is 28.6 Å². The molecule has 2 aromatic heterocycles. The van der Waals surface area contributed by atoms with Crippen molar-refractivity contribution in [3.05, 3.63) is 64.6 Å². The molecule has 0 atom stereocenters. The lowest BCUT2D eigenvalue weighted by Crippen LogP contribution is -2.20. The number of carboxylic acid groups (broad SMARTS) is 1. The zero-order valence-corrected chi connectivity index (χ0v) is 12.8. The number of aromatic carboxylic acids is 1. The Balaban J connectivity index is 1.62. The average Bonchev–Trinajstić information content (AvgIpc) is 2.60. The summed E-state index contributed by atoms with van der Waals surface area (Å²) in [6.45, 7) is -0.287. The normalized spacial score (nSPS) is 10.4. The maximum atomic E-state index is 11.9. The van der Waals surface area contributed by atoms with Gasteiger partial charge >= 0.3 is 11.6 Å². The van der Waals surface area contributed by atoms with Gasteiger partial charge in [-0.1, -0.05) is 0 Å². The van der Waals surface area contributed by atoms with Crippen molar-refractivity contribution in [3.8, 4) is 5.75 Å². The van der Waals surface area contributed by atoms with Crippen molar-refractivity contribution in [2.45, 2.75) is 0 Å². The van der Waals surface area contributed by atoms with Crippen LogP contribution in [0.5, 0.6) is 5.75 Å². The number of carbonyl (C=O) groups excluding carboxylic acids is 1. The molecule has 1 amide bonds. The van der Waals surface area contributed by atoms with E-state index in [4.69, 9.17) is 14.3 Å². The minimum atomic E-state index is -1.10. The van der Waals surface area contributed by atoms with Crippen LogP contribution in [0, 0.1) is 0 Å². The third kappa shape index (κ3) is 3.99. The molecule has 0 aliphatic heterocycles. The Kier molecular flexibility index (Phi) is 4.42. The topological polar surface area (TPSA) is 119 Å². The number of benzene rings is 1. The van der Waals surface area contributed by atoms with Gasteiger partial charge in [-0.25, -0.2) is 14.6 Å². The van der Waals surface area contributed by atoms with E-state index in [1.165, 1.54) is 24.3 Å². The summed E-state index contributed by atoms with van der Waals surface area (Å²) < 4.78 is 10.4. The fourth-order valence-electron chi connectivity index (χ4n) is 2.05. The summed E-state index contributed by atoms with van der Waals surface area (Å²) in [7, 11) is 0. The molecule has 8 nitrogen and oxygen atoms in total. The average molecular weight is 340 g/mol. The van der Waals surface area contributed by atoms with Gasteiger partial charge < -0.3 is 19.6 Å². The van der Waals surface area contributed by atoms with E-state index in [-0.39, 0.29) is 18.0 Å². The van der Waals surface area contributed by atoms with Gasteiger partial charge in [-0.2, -0.15) is 0 Å². The second-order valence-electron chi connectivity index (χ2n) is 5.03. The lowest BCUT2D eigenvalue weighted by Gasteiger charge is -2.07. The Bertz CT molecular complexity index is 994. The lowest BCUT2D eigenvalue weighted by molar-refractivity contribution is -0.118. The second kappa shape index (κ2) is 6.83. The molecule has 1 aromatic carbocycles. The third-order valence-electron chi connectivity index (χ3n) is 3.24. The second-order valence-corrected chi connectivity index (χ2v) is 5.03. The van der Waals surface area contributed by atoms with Crippen molar-refractivity contribution >= 4 is 28.7 Å². The first-order valence-corrected chi connectivity index (χ1v) is 7.17. The standard InChI is InChI=1S/C17H12N2O6/c20-15(19-14-5-2-11(8-18-14)17(22)23)9-24-12-4-1-10-3-6-16(21)25-13(10)7-12/h1-8H,9H2,(H,22,23)(H,18,19,20). The minimum Gasteiger partial charge on any atom is -0.484 e. The van der Waals surface area contributed by atoms with Crippen LogP contribution in [0.25, 0.3) is 11.0 Å². The molecule has 25 heavy (non-hydrogen) atoms. The molecule has 0 unspecified atom stereocenters. The van der Waals surface area contributed by atoms with Gasteiger partial charge in [0.25, 0.3) is 5.91 Å². The first-order valence-electron chi connectivity index (χ1n) is 7.17. The van der Waals surface area contributed by atoms with Crippen LogP contribution in [0.4, 0.5) is 5.82 Å². The summed E-state index contributed by atoms with van der Waals surface area (Å²) in [6, 6.07) is 10.5. The zero-order valence-electron chi connectivity index (χ0n) is 12.8. The monoisotopic (exact) mass is 340 g/mol. The summed E-state index contributed by atoms with van der Waals surface area (Å²) in [5, 5.41) is 12.0. The first kappa shape index (κ1) is 16.2. The highest BCUT2D eigenvalue weighted by atomic mass is 16.5. The van der Waals surface area contributed by atoms with Crippen molar-refractivity contribution < 1.29 is 23.8 Å². The molecule has 0 aliphatic rings. The number of pyridine rings is 1. The van der Waals surface area contributed by atoms with Gasteiger partial charge in [0, 0.05) is 23.7 Å². The van der Waals surface area contributed by atoms with Crippen molar-refractivity contribution in [1.29, 1.82) is 0 Å². The van der Waals surface area contributed by atoms with E-state index in [0.717, 1.165) is 11.6 Å². The predicted molar refractivity (Wildman–Crippen MR) is 87.8 cm³/mol. The first-order chi connectivity index (χ1) is 12.0. The van der Waals surface area contributed by atoms with E-state index < -0.39 is 17.5 Å². The molecule has 2 N–H and O–H groups in total. The van der Waals surface area contributed by atoms with Crippen LogP contribution in [-0.2, 0) is 4.79 Å². The number of nitrogens with zero attached hydrogens (tertiary/aromatic N) is 1. The maximum absolute atomic E-state index is 11.9. The molecular formula is C17H12N2O6. The summed E-state index contributed by atoms with van der Waals surface area (Å²) in [6.07, 6.45) is 1.14. The number of carbonyl (C=O) groups is 2. The summed E-state index contributed by atoms with van der Waals surface area (Å²) in [4.78, 5) is 37.6. The summed E-state index contributed by atoms with van der Waals surface area (Å²) in [5.41, 5.74) is -0.0958. The molecule has 0 saturated carbocycles. The van der Waals surface area contributed by atoms with Gasteiger partial charge in [0.1, 0.15) is 17.2 Å². The number of aromatic nitrogens is 1. The van der Waals surface area contributed by atoms with Gasteiger partial charge in [0.05, 0.1) is 5.56 Å². The van der Waals surface area contributed by atoms with E-state index in [0.29, 0.717) is 11.3 Å². The van der Waals surface area contributed by atoms with Crippen LogP contribution in [0.3, 0.4) is 0 Å². The van der Waals surface area contributed by atoms with Crippen LogP contribution in [0.2, 0.25) is 0 Å². The molecule has 126 valence electrons. The predicted octanol–water partition coefficient (Wildman–Crippen LogP) is 1.90. The van der Waals surface area contributed by atoms with Gasteiger partial charge in [0.2, 0.25) is 0 Å². The Morgan fingerprint density at radius 1 is 1.16 bits per heavy atom. The van der Waals surface area contributed by atoms with E-state index >= 15 is 0 Å². The molecule has 0 bridgehead atoms. The van der Waals surface area contributed by atoms with Gasteiger partial charge in [-0.3, -0.25) is 4.79 Å². The van der Waals surface area contributed by atoms with E-state index in [1.807, 2.05) is 0 Å².